The summed E-state index contributed by atoms with van der Waals surface area (Å²) in [5, 5.41) is 6.22. The van der Waals surface area contributed by atoms with Gasteiger partial charge in [0, 0.05) is 11.6 Å². The van der Waals surface area contributed by atoms with E-state index in [0.717, 1.165) is 5.56 Å². The number of hydrogen-bond acceptors (Lipinski definition) is 5. The van der Waals surface area contributed by atoms with Gasteiger partial charge in [0.05, 0.1) is 6.61 Å². The first-order valence-electron chi connectivity index (χ1n) is 6.16. The van der Waals surface area contributed by atoms with Gasteiger partial charge >= 0.3 is 5.97 Å². The number of amides is 1. The first kappa shape index (κ1) is 13.8. The van der Waals surface area contributed by atoms with Gasteiger partial charge < -0.3 is 14.6 Å². The number of carbonyl (C=O) groups excluding carboxylic acids is 2. The quantitative estimate of drug-likeness (QED) is 0.838. The molecule has 0 saturated carbocycles. The van der Waals surface area contributed by atoms with Crippen molar-refractivity contribution < 1.29 is 18.8 Å². The third kappa shape index (κ3) is 3.44. The standard InChI is InChI=1S/C14H14N2O4/c1-2-19-13(17)9-15-14(18)12-8-11(16-20-12)10-6-4-3-5-7-10/h3-8H,2,9H2,1H3,(H,15,18). The number of hydrogen-bond donors (Lipinski definition) is 1. The molecule has 2 rings (SSSR count). The second-order valence-corrected chi connectivity index (χ2v) is 3.93. The van der Waals surface area contributed by atoms with Gasteiger partial charge in [0.2, 0.25) is 5.76 Å². The van der Waals surface area contributed by atoms with E-state index < -0.39 is 11.9 Å². The first-order chi connectivity index (χ1) is 9.70. The summed E-state index contributed by atoms with van der Waals surface area (Å²) in [6.45, 7) is 1.77. The van der Waals surface area contributed by atoms with Crippen LogP contribution >= 0.6 is 0 Å². The largest absolute Gasteiger partial charge is 0.465 e. The second-order valence-electron chi connectivity index (χ2n) is 3.93. The summed E-state index contributed by atoms with van der Waals surface area (Å²) in [7, 11) is 0. The van der Waals surface area contributed by atoms with Crippen LogP contribution in [-0.4, -0.2) is 30.2 Å². The van der Waals surface area contributed by atoms with Crippen LogP contribution in [0.25, 0.3) is 11.3 Å². The second kappa shape index (κ2) is 6.51. The Balaban J connectivity index is 1.98. The molecule has 0 atom stereocenters. The molecule has 2 aromatic rings. The number of ether oxygens (including phenoxy) is 1. The van der Waals surface area contributed by atoms with Gasteiger partial charge in [0.25, 0.3) is 5.91 Å². The molecule has 104 valence electrons. The van der Waals surface area contributed by atoms with E-state index in [1.54, 1.807) is 6.92 Å². The maximum atomic E-state index is 11.7. The van der Waals surface area contributed by atoms with Crippen LogP contribution in [0.3, 0.4) is 0 Å². The van der Waals surface area contributed by atoms with Gasteiger partial charge in [-0.05, 0) is 6.92 Å². The highest BCUT2D eigenvalue weighted by Crippen LogP contribution is 2.18. The van der Waals surface area contributed by atoms with E-state index in [1.165, 1.54) is 6.07 Å². The molecular weight excluding hydrogens is 260 g/mol. The van der Waals surface area contributed by atoms with Crippen molar-refractivity contribution in [3.63, 3.8) is 0 Å². The van der Waals surface area contributed by atoms with Gasteiger partial charge in [-0.3, -0.25) is 9.59 Å². The Hall–Kier alpha value is -2.63. The Morgan fingerprint density at radius 1 is 1.30 bits per heavy atom. The molecule has 1 N–H and O–H groups in total. The average molecular weight is 274 g/mol. The summed E-state index contributed by atoms with van der Waals surface area (Å²) in [6, 6.07) is 10.9. The molecule has 1 aromatic heterocycles. The summed E-state index contributed by atoms with van der Waals surface area (Å²) in [4.78, 5) is 22.9. The fraction of sp³-hybridized carbons (Fsp3) is 0.214. The topological polar surface area (TPSA) is 81.4 Å². The van der Waals surface area contributed by atoms with Crippen LogP contribution in [0, 0.1) is 0 Å². The monoisotopic (exact) mass is 274 g/mol. The number of esters is 1. The van der Waals surface area contributed by atoms with Gasteiger partial charge in [0.1, 0.15) is 12.2 Å². The summed E-state index contributed by atoms with van der Waals surface area (Å²) in [6.07, 6.45) is 0. The highest BCUT2D eigenvalue weighted by Gasteiger charge is 2.15. The van der Waals surface area contributed by atoms with E-state index in [1.807, 2.05) is 30.3 Å². The average Bonchev–Trinajstić information content (AvgIpc) is 2.96. The van der Waals surface area contributed by atoms with Crippen molar-refractivity contribution in [2.45, 2.75) is 6.92 Å². The van der Waals surface area contributed by atoms with Gasteiger partial charge in [-0.25, -0.2) is 0 Å². The normalized spacial score (nSPS) is 10.1. The minimum absolute atomic E-state index is 0.0492. The zero-order chi connectivity index (χ0) is 14.4. The molecule has 20 heavy (non-hydrogen) atoms. The molecule has 0 aliphatic carbocycles. The minimum Gasteiger partial charge on any atom is -0.465 e. The van der Waals surface area contributed by atoms with Crippen LogP contribution in [0.1, 0.15) is 17.5 Å². The Bertz CT molecular complexity index is 592. The van der Waals surface area contributed by atoms with Gasteiger partial charge in [-0.15, -0.1) is 0 Å². The lowest BCUT2D eigenvalue weighted by molar-refractivity contribution is -0.141. The van der Waals surface area contributed by atoms with Crippen molar-refractivity contribution in [1.29, 1.82) is 0 Å². The van der Waals surface area contributed by atoms with E-state index in [4.69, 9.17) is 9.26 Å². The van der Waals surface area contributed by atoms with Crippen LogP contribution < -0.4 is 5.32 Å². The Morgan fingerprint density at radius 3 is 2.75 bits per heavy atom. The van der Waals surface area contributed by atoms with Crippen molar-refractivity contribution in [3.8, 4) is 11.3 Å². The van der Waals surface area contributed by atoms with E-state index in [9.17, 15) is 9.59 Å². The SMILES string of the molecule is CCOC(=O)CNC(=O)c1cc(-c2ccccc2)no1. The molecular formula is C14H14N2O4. The van der Waals surface area contributed by atoms with Crippen LogP contribution in [0.2, 0.25) is 0 Å². The predicted molar refractivity (Wildman–Crippen MR) is 70.9 cm³/mol. The van der Waals surface area contributed by atoms with Crippen molar-refractivity contribution in [3.05, 3.63) is 42.2 Å². The lowest BCUT2D eigenvalue weighted by atomic mass is 10.1. The van der Waals surface area contributed by atoms with Gasteiger partial charge in [-0.1, -0.05) is 35.5 Å². The summed E-state index contributed by atoms with van der Waals surface area (Å²) >= 11 is 0. The van der Waals surface area contributed by atoms with Crippen molar-refractivity contribution in [1.82, 2.24) is 10.5 Å². The van der Waals surface area contributed by atoms with Crippen molar-refractivity contribution >= 4 is 11.9 Å². The fourth-order valence-electron chi connectivity index (χ4n) is 1.58. The number of benzene rings is 1. The third-order valence-electron chi connectivity index (χ3n) is 2.50. The van der Waals surface area contributed by atoms with Gasteiger partial charge in [0.15, 0.2) is 0 Å². The Labute approximate surface area is 115 Å². The third-order valence-corrected chi connectivity index (χ3v) is 2.50. The summed E-state index contributed by atoms with van der Waals surface area (Å²) in [5.41, 5.74) is 1.41. The number of rotatable bonds is 5. The zero-order valence-electron chi connectivity index (χ0n) is 11.0. The van der Waals surface area contributed by atoms with Crippen LogP contribution in [0.15, 0.2) is 40.9 Å². The lowest BCUT2D eigenvalue weighted by Crippen LogP contribution is -2.30. The molecule has 0 spiro atoms. The molecule has 0 bridgehead atoms. The Morgan fingerprint density at radius 2 is 2.05 bits per heavy atom. The molecule has 1 heterocycles. The molecule has 1 amide bonds. The zero-order valence-corrected chi connectivity index (χ0v) is 11.0. The highest BCUT2D eigenvalue weighted by molar-refractivity contribution is 5.94. The van der Waals surface area contributed by atoms with Gasteiger partial charge in [-0.2, -0.15) is 0 Å². The summed E-state index contributed by atoms with van der Waals surface area (Å²) < 4.78 is 9.66. The highest BCUT2D eigenvalue weighted by atomic mass is 16.5. The number of nitrogens with zero attached hydrogens (tertiary/aromatic N) is 1. The lowest BCUT2D eigenvalue weighted by Gasteiger charge is -2.01. The molecule has 6 nitrogen and oxygen atoms in total. The van der Waals surface area contributed by atoms with Crippen molar-refractivity contribution in [2.24, 2.45) is 0 Å². The summed E-state index contributed by atoms with van der Waals surface area (Å²) in [5.74, 6) is -0.954. The van der Waals surface area contributed by atoms with Crippen molar-refractivity contribution in [2.75, 3.05) is 13.2 Å². The molecule has 6 heteroatoms. The van der Waals surface area contributed by atoms with Crippen LogP contribution in [0.4, 0.5) is 0 Å². The molecule has 1 aromatic carbocycles. The van der Waals surface area contributed by atoms with E-state index in [-0.39, 0.29) is 18.9 Å². The first-order valence-corrected chi connectivity index (χ1v) is 6.16. The van der Waals surface area contributed by atoms with E-state index in [2.05, 4.69) is 10.5 Å². The van der Waals surface area contributed by atoms with E-state index >= 15 is 0 Å². The molecule has 0 unspecified atom stereocenters. The van der Waals surface area contributed by atoms with E-state index in [0.29, 0.717) is 5.69 Å². The van der Waals surface area contributed by atoms with Crippen LogP contribution in [0.5, 0.6) is 0 Å². The molecule has 0 radical (unpaired) electrons. The maximum Gasteiger partial charge on any atom is 0.325 e. The smallest absolute Gasteiger partial charge is 0.325 e. The Kier molecular flexibility index (Phi) is 4.49. The maximum absolute atomic E-state index is 11.7. The molecule has 0 aliphatic rings. The van der Waals surface area contributed by atoms with Crippen LogP contribution in [-0.2, 0) is 9.53 Å². The molecule has 0 saturated heterocycles. The molecule has 0 aliphatic heterocycles. The predicted octanol–water partition coefficient (Wildman–Crippen LogP) is 1.63. The fourth-order valence-corrected chi connectivity index (χ4v) is 1.58. The number of carbonyl (C=O) groups is 2. The molecule has 0 fully saturated rings. The minimum atomic E-state index is -0.507. The number of aromatic nitrogens is 1. The number of nitrogens with one attached hydrogen (secondary N) is 1.